The molecule has 0 heterocycles. The van der Waals surface area contributed by atoms with Crippen molar-refractivity contribution >= 4 is 31.9 Å². The van der Waals surface area contributed by atoms with Gasteiger partial charge in [0.05, 0.1) is 5.75 Å². The maximum atomic E-state index is 11.4. The zero-order valence-electron chi connectivity index (χ0n) is 8.89. The van der Waals surface area contributed by atoms with Crippen LogP contribution in [0.25, 0.3) is 0 Å². The van der Waals surface area contributed by atoms with E-state index in [0.29, 0.717) is 6.42 Å². The Kier molecular flexibility index (Phi) is 5.10. The van der Waals surface area contributed by atoms with Gasteiger partial charge in [0, 0.05) is 4.47 Å². The summed E-state index contributed by atoms with van der Waals surface area (Å²) in [7, 11) is -3.54. The van der Waals surface area contributed by atoms with Gasteiger partial charge in [-0.15, -0.1) is 0 Å². The summed E-state index contributed by atoms with van der Waals surface area (Å²) in [6, 6.07) is 7.30. The van der Waals surface area contributed by atoms with Crippen molar-refractivity contribution in [2.45, 2.75) is 6.42 Å². The van der Waals surface area contributed by atoms with Gasteiger partial charge in [-0.3, -0.25) is 4.79 Å². The third-order valence-electron chi connectivity index (χ3n) is 2.04. The van der Waals surface area contributed by atoms with Gasteiger partial charge in [-0.1, -0.05) is 34.1 Å². The Morgan fingerprint density at radius 1 is 1.35 bits per heavy atom. The molecule has 2 N–H and O–H groups in total. The molecule has 7 heteroatoms. The molecular formula is C10H12BrNO4S. The van der Waals surface area contributed by atoms with Crippen LogP contribution in [-0.2, 0) is 21.2 Å². The van der Waals surface area contributed by atoms with Crippen LogP contribution < -0.4 is 4.72 Å². The van der Waals surface area contributed by atoms with Gasteiger partial charge in [0.25, 0.3) is 0 Å². The summed E-state index contributed by atoms with van der Waals surface area (Å²) in [6.45, 7) is -0.585. The first-order valence-corrected chi connectivity index (χ1v) is 7.28. The number of benzene rings is 1. The van der Waals surface area contributed by atoms with Crippen LogP contribution >= 0.6 is 15.9 Å². The van der Waals surface area contributed by atoms with Crippen LogP contribution in [0.5, 0.6) is 0 Å². The highest BCUT2D eigenvalue weighted by atomic mass is 79.9. The first-order chi connectivity index (χ1) is 7.91. The number of rotatable bonds is 6. The fourth-order valence-electron chi connectivity index (χ4n) is 1.19. The average Bonchev–Trinajstić information content (AvgIpc) is 2.26. The maximum Gasteiger partial charge on any atom is 0.318 e. The summed E-state index contributed by atoms with van der Waals surface area (Å²) >= 11 is 3.32. The highest BCUT2D eigenvalue weighted by Crippen LogP contribution is 2.16. The number of aryl methyl sites for hydroxylation is 1. The zero-order chi connectivity index (χ0) is 12.9. The maximum absolute atomic E-state index is 11.4. The van der Waals surface area contributed by atoms with Gasteiger partial charge in [0.1, 0.15) is 6.54 Å². The fraction of sp³-hybridized carbons (Fsp3) is 0.300. The Hall–Kier alpha value is -0.920. The van der Waals surface area contributed by atoms with Gasteiger partial charge in [-0.05, 0) is 18.1 Å². The fourth-order valence-corrected chi connectivity index (χ4v) is 2.65. The molecule has 0 bridgehead atoms. The number of carbonyl (C=O) groups is 1. The number of hydrogen-bond acceptors (Lipinski definition) is 3. The van der Waals surface area contributed by atoms with Crippen LogP contribution in [0.1, 0.15) is 5.56 Å². The second-order valence-electron chi connectivity index (χ2n) is 3.38. The standard InChI is InChI=1S/C10H12BrNO4S/c11-9-4-2-1-3-8(9)5-6-17(15,16)12-7-10(13)14/h1-4,12H,5-7H2,(H,13,14). The van der Waals surface area contributed by atoms with Gasteiger partial charge < -0.3 is 5.11 Å². The lowest BCUT2D eigenvalue weighted by molar-refractivity contribution is -0.135. The highest BCUT2D eigenvalue weighted by Gasteiger charge is 2.12. The molecule has 5 nitrogen and oxygen atoms in total. The lowest BCUT2D eigenvalue weighted by Crippen LogP contribution is -2.32. The van der Waals surface area contributed by atoms with E-state index >= 15 is 0 Å². The first-order valence-electron chi connectivity index (χ1n) is 4.83. The van der Waals surface area contributed by atoms with Gasteiger partial charge in [0.15, 0.2) is 0 Å². The molecule has 94 valence electrons. The van der Waals surface area contributed by atoms with E-state index in [1.165, 1.54) is 0 Å². The van der Waals surface area contributed by atoms with Crippen molar-refractivity contribution in [3.8, 4) is 0 Å². The Balaban J connectivity index is 2.56. The summed E-state index contributed by atoms with van der Waals surface area (Å²) in [5, 5.41) is 8.37. The minimum Gasteiger partial charge on any atom is -0.480 e. The molecule has 0 saturated carbocycles. The third kappa shape index (κ3) is 5.29. The van der Waals surface area contributed by atoms with E-state index < -0.39 is 22.5 Å². The average molecular weight is 322 g/mol. The van der Waals surface area contributed by atoms with Gasteiger partial charge >= 0.3 is 5.97 Å². The van der Waals surface area contributed by atoms with Gasteiger partial charge in [0.2, 0.25) is 10.0 Å². The summed E-state index contributed by atoms with van der Waals surface area (Å²) in [4.78, 5) is 10.2. The molecular weight excluding hydrogens is 310 g/mol. The van der Waals surface area contributed by atoms with E-state index in [-0.39, 0.29) is 5.75 Å². The number of hydrogen-bond donors (Lipinski definition) is 2. The molecule has 0 aliphatic rings. The lowest BCUT2D eigenvalue weighted by Gasteiger charge is -2.06. The molecule has 0 spiro atoms. The van der Waals surface area contributed by atoms with E-state index in [1.54, 1.807) is 0 Å². The summed E-state index contributed by atoms with van der Waals surface area (Å²) in [5.74, 6) is -1.34. The van der Waals surface area contributed by atoms with Crippen molar-refractivity contribution in [2.24, 2.45) is 0 Å². The van der Waals surface area contributed by atoms with Crippen molar-refractivity contribution < 1.29 is 18.3 Å². The lowest BCUT2D eigenvalue weighted by atomic mass is 10.2. The molecule has 1 aromatic rings. The molecule has 0 radical (unpaired) electrons. The second kappa shape index (κ2) is 6.13. The quantitative estimate of drug-likeness (QED) is 0.818. The third-order valence-corrected chi connectivity index (χ3v) is 4.14. The number of carboxylic acid groups (broad SMARTS) is 1. The molecule has 0 aliphatic carbocycles. The SMILES string of the molecule is O=C(O)CNS(=O)(=O)CCc1ccccc1Br. The van der Waals surface area contributed by atoms with Crippen LogP contribution in [-0.4, -0.2) is 31.8 Å². The summed E-state index contributed by atoms with van der Waals surface area (Å²) < 4.78 is 25.7. The minimum atomic E-state index is -3.54. The number of sulfonamides is 1. The van der Waals surface area contributed by atoms with Gasteiger partial charge in [-0.2, -0.15) is 0 Å². The van der Waals surface area contributed by atoms with Crippen LogP contribution in [0, 0.1) is 0 Å². The molecule has 17 heavy (non-hydrogen) atoms. The summed E-state index contributed by atoms with van der Waals surface area (Å²) in [6.07, 6.45) is 0.330. The van der Waals surface area contributed by atoms with E-state index in [1.807, 2.05) is 29.0 Å². The summed E-state index contributed by atoms with van der Waals surface area (Å²) in [5.41, 5.74) is 0.869. The van der Waals surface area contributed by atoms with Gasteiger partial charge in [-0.25, -0.2) is 13.1 Å². The van der Waals surface area contributed by atoms with Crippen molar-refractivity contribution in [3.05, 3.63) is 34.3 Å². The minimum absolute atomic E-state index is 0.136. The molecule has 1 rings (SSSR count). The molecule has 0 amide bonds. The predicted molar refractivity (Wildman–Crippen MR) is 67.3 cm³/mol. The van der Waals surface area contributed by atoms with Crippen molar-refractivity contribution in [1.82, 2.24) is 4.72 Å². The Morgan fingerprint density at radius 2 is 2.00 bits per heavy atom. The number of halogens is 1. The van der Waals surface area contributed by atoms with Crippen molar-refractivity contribution in [1.29, 1.82) is 0 Å². The van der Waals surface area contributed by atoms with Crippen LogP contribution in [0.3, 0.4) is 0 Å². The number of aliphatic carboxylic acids is 1. The molecule has 0 atom stereocenters. The molecule has 0 fully saturated rings. The Labute approximate surface area is 108 Å². The van der Waals surface area contributed by atoms with Crippen molar-refractivity contribution in [2.75, 3.05) is 12.3 Å². The predicted octanol–water partition coefficient (Wildman–Crippen LogP) is 0.996. The second-order valence-corrected chi connectivity index (χ2v) is 6.16. The number of carboxylic acids is 1. The molecule has 0 unspecified atom stereocenters. The number of nitrogens with one attached hydrogen (secondary N) is 1. The highest BCUT2D eigenvalue weighted by molar-refractivity contribution is 9.10. The van der Waals surface area contributed by atoms with Crippen LogP contribution in [0.15, 0.2) is 28.7 Å². The van der Waals surface area contributed by atoms with Crippen molar-refractivity contribution in [3.63, 3.8) is 0 Å². The Morgan fingerprint density at radius 3 is 2.59 bits per heavy atom. The topological polar surface area (TPSA) is 83.5 Å². The van der Waals surface area contributed by atoms with Crippen LogP contribution in [0.4, 0.5) is 0 Å². The van der Waals surface area contributed by atoms with E-state index in [0.717, 1.165) is 10.0 Å². The van der Waals surface area contributed by atoms with Crippen LogP contribution in [0.2, 0.25) is 0 Å². The molecule has 0 aliphatic heterocycles. The van der Waals surface area contributed by atoms with E-state index in [4.69, 9.17) is 5.11 Å². The Bertz CT molecular complexity index is 501. The smallest absolute Gasteiger partial charge is 0.318 e. The molecule has 0 saturated heterocycles. The van der Waals surface area contributed by atoms with E-state index in [2.05, 4.69) is 15.9 Å². The largest absolute Gasteiger partial charge is 0.480 e. The molecule has 0 aromatic heterocycles. The normalized spacial score (nSPS) is 11.4. The molecule has 1 aromatic carbocycles. The van der Waals surface area contributed by atoms with E-state index in [9.17, 15) is 13.2 Å². The zero-order valence-corrected chi connectivity index (χ0v) is 11.3. The first kappa shape index (κ1) is 14.1. The monoisotopic (exact) mass is 321 g/mol.